The highest BCUT2D eigenvalue weighted by atomic mass is 35.5. The molecule has 0 aliphatic carbocycles. The molecule has 0 radical (unpaired) electrons. The number of aromatic nitrogens is 2. The lowest BCUT2D eigenvalue weighted by Gasteiger charge is -2.13. The molecule has 2 aromatic carbocycles. The summed E-state index contributed by atoms with van der Waals surface area (Å²) in [6, 6.07) is 16.9. The first kappa shape index (κ1) is 18.4. The van der Waals surface area contributed by atoms with Gasteiger partial charge in [0.2, 0.25) is 0 Å². The Kier molecular flexibility index (Phi) is 4.75. The molecule has 28 heavy (non-hydrogen) atoms. The van der Waals surface area contributed by atoms with Crippen molar-refractivity contribution in [3.05, 3.63) is 92.5 Å². The van der Waals surface area contributed by atoms with Crippen LogP contribution in [0.3, 0.4) is 0 Å². The van der Waals surface area contributed by atoms with Gasteiger partial charge in [-0.25, -0.2) is 4.98 Å². The fourth-order valence-corrected chi connectivity index (χ4v) is 3.85. The zero-order valence-corrected chi connectivity index (χ0v) is 16.3. The number of halogens is 2. The van der Waals surface area contributed by atoms with E-state index < -0.39 is 0 Å². The predicted octanol–water partition coefficient (Wildman–Crippen LogP) is 5.46. The van der Waals surface area contributed by atoms with Crippen LogP contribution >= 0.6 is 23.2 Å². The summed E-state index contributed by atoms with van der Waals surface area (Å²) in [5.41, 5.74) is 4.03. The molecule has 138 valence electrons. The van der Waals surface area contributed by atoms with Gasteiger partial charge >= 0.3 is 0 Å². The first-order valence-electron chi connectivity index (χ1n) is 8.52. The van der Waals surface area contributed by atoms with Crippen molar-refractivity contribution in [2.24, 2.45) is 0 Å². The maximum atomic E-state index is 12.4. The minimum atomic E-state index is -0.389. The number of fused-ring (bicyclic) bond motifs is 1. The van der Waals surface area contributed by atoms with E-state index in [1.54, 1.807) is 13.0 Å². The van der Waals surface area contributed by atoms with Crippen molar-refractivity contribution in [3.63, 3.8) is 0 Å². The van der Waals surface area contributed by atoms with E-state index in [2.05, 4.69) is 4.98 Å². The molecular weight excluding hydrogens is 395 g/mol. The van der Waals surface area contributed by atoms with Crippen molar-refractivity contribution < 1.29 is 4.79 Å². The van der Waals surface area contributed by atoms with Crippen molar-refractivity contribution in [1.82, 2.24) is 9.38 Å². The fourth-order valence-electron chi connectivity index (χ4n) is 3.27. The van der Waals surface area contributed by atoms with Gasteiger partial charge in [-0.15, -0.1) is 0 Å². The zero-order chi connectivity index (χ0) is 19.8. The molecular formula is C22H14Cl2N2O2. The lowest BCUT2D eigenvalue weighted by atomic mass is 9.98. The van der Waals surface area contributed by atoms with Crippen LogP contribution in [0.4, 0.5) is 0 Å². The topological polar surface area (TPSA) is 51.4 Å². The van der Waals surface area contributed by atoms with Gasteiger partial charge in [0.1, 0.15) is 5.65 Å². The smallest absolute Gasteiger partial charge is 0.268 e. The highest BCUT2D eigenvalue weighted by Gasteiger charge is 2.14. The summed E-state index contributed by atoms with van der Waals surface area (Å²) in [6.07, 6.45) is 1.80. The summed E-state index contributed by atoms with van der Waals surface area (Å²) in [7, 11) is 0. The van der Waals surface area contributed by atoms with E-state index in [1.165, 1.54) is 10.6 Å². The van der Waals surface area contributed by atoms with Crippen LogP contribution in [0.1, 0.15) is 16.1 Å². The van der Waals surface area contributed by atoms with E-state index in [9.17, 15) is 9.59 Å². The standard InChI is InChI=1S/C22H14Cl2N2O2/c1-13-9-14(10-20-25-11-15(12-27)22(28)26(13)20)16-6-4-7-18(21(16)24)17-5-2-3-8-19(17)23/h2-12H,1H3. The van der Waals surface area contributed by atoms with E-state index in [0.29, 0.717) is 27.7 Å². The Hall–Kier alpha value is -2.95. The van der Waals surface area contributed by atoms with Crippen LogP contribution in [0.2, 0.25) is 10.0 Å². The van der Waals surface area contributed by atoms with Gasteiger partial charge in [-0.2, -0.15) is 0 Å². The average molecular weight is 409 g/mol. The first-order chi connectivity index (χ1) is 13.5. The van der Waals surface area contributed by atoms with Gasteiger partial charge < -0.3 is 0 Å². The summed E-state index contributed by atoms with van der Waals surface area (Å²) in [4.78, 5) is 27.7. The Balaban J connectivity index is 1.94. The van der Waals surface area contributed by atoms with Crippen molar-refractivity contribution in [2.75, 3.05) is 0 Å². The first-order valence-corrected chi connectivity index (χ1v) is 9.28. The molecule has 0 aliphatic heterocycles. The van der Waals surface area contributed by atoms with Gasteiger partial charge in [0.15, 0.2) is 6.29 Å². The molecule has 0 amide bonds. The molecule has 0 aliphatic rings. The molecule has 0 saturated heterocycles. The normalized spacial score (nSPS) is 11.0. The van der Waals surface area contributed by atoms with Crippen molar-refractivity contribution in [2.45, 2.75) is 6.92 Å². The van der Waals surface area contributed by atoms with E-state index >= 15 is 0 Å². The number of pyridine rings is 1. The number of hydrogen-bond donors (Lipinski definition) is 0. The fraction of sp³-hybridized carbons (Fsp3) is 0.0455. The average Bonchev–Trinajstić information content (AvgIpc) is 2.69. The molecule has 6 heteroatoms. The highest BCUT2D eigenvalue weighted by Crippen LogP contribution is 2.39. The minimum Gasteiger partial charge on any atom is -0.298 e. The number of aryl methyl sites for hydroxylation is 1. The van der Waals surface area contributed by atoms with Crippen LogP contribution in [-0.4, -0.2) is 15.7 Å². The van der Waals surface area contributed by atoms with Crippen LogP contribution in [-0.2, 0) is 0 Å². The molecule has 2 aromatic heterocycles. The van der Waals surface area contributed by atoms with Crippen LogP contribution in [0.5, 0.6) is 0 Å². The maximum absolute atomic E-state index is 12.4. The second-order valence-corrected chi connectivity index (χ2v) is 7.15. The quantitative estimate of drug-likeness (QED) is 0.423. The number of hydrogen-bond acceptors (Lipinski definition) is 3. The van der Waals surface area contributed by atoms with E-state index in [-0.39, 0.29) is 11.1 Å². The van der Waals surface area contributed by atoms with Gasteiger partial charge in [0, 0.05) is 33.6 Å². The van der Waals surface area contributed by atoms with Crippen LogP contribution < -0.4 is 5.56 Å². The molecule has 0 atom stereocenters. The zero-order valence-electron chi connectivity index (χ0n) is 14.8. The molecule has 0 unspecified atom stereocenters. The summed E-state index contributed by atoms with van der Waals surface area (Å²) >= 11 is 13.1. The Morgan fingerprint density at radius 1 is 0.964 bits per heavy atom. The number of rotatable bonds is 3. The largest absolute Gasteiger partial charge is 0.298 e. The Bertz CT molecular complexity index is 1300. The number of aldehydes is 1. The molecule has 0 fully saturated rings. The maximum Gasteiger partial charge on any atom is 0.268 e. The molecule has 2 heterocycles. The van der Waals surface area contributed by atoms with Crippen LogP contribution in [0, 0.1) is 6.92 Å². The van der Waals surface area contributed by atoms with E-state index in [4.69, 9.17) is 23.2 Å². The van der Waals surface area contributed by atoms with Crippen molar-refractivity contribution >= 4 is 35.1 Å². The molecule has 4 aromatic rings. The lowest BCUT2D eigenvalue weighted by Crippen LogP contribution is -2.20. The van der Waals surface area contributed by atoms with Gasteiger partial charge in [-0.05, 0) is 30.7 Å². The molecule has 4 nitrogen and oxygen atoms in total. The predicted molar refractivity (Wildman–Crippen MR) is 112 cm³/mol. The van der Waals surface area contributed by atoms with Crippen molar-refractivity contribution in [1.29, 1.82) is 0 Å². The second-order valence-electron chi connectivity index (χ2n) is 6.36. The molecule has 0 N–H and O–H groups in total. The highest BCUT2D eigenvalue weighted by molar-refractivity contribution is 6.38. The van der Waals surface area contributed by atoms with Crippen LogP contribution in [0.15, 0.2) is 65.6 Å². The Morgan fingerprint density at radius 3 is 2.43 bits per heavy atom. The number of carbonyl (C=O) groups excluding carboxylic acids is 1. The van der Waals surface area contributed by atoms with Gasteiger partial charge in [-0.3, -0.25) is 14.0 Å². The molecule has 0 saturated carbocycles. The third-order valence-electron chi connectivity index (χ3n) is 4.62. The summed E-state index contributed by atoms with van der Waals surface area (Å²) in [5.74, 6) is 0. The van der Waals surface area contributed by atoms with E-state index in [0.717, 1.165) is 22.3 Å². The number of benzene rings is 2. The molecule has 0 spiro atoms. The second kappa shape index (κ2) is 7.23. The third kappa shape index (κ3) is 3.01. The number of carbonyl (C=O) groups is 1. The lowest BCUT2D eigenvalue weighted by molar-refractivity contribution is 0.112. The minimum absolute atomic E-state index is 0.0205. The van der Waals surface area contributed by atoms with E-state index in [1.807, 2.05) is 48.5 Å². The van der Waals surface area contributed by atoms with Gasteiger partial charge in [-0.1, -0.05) is 59.6 Å². The van der Waals surface area contributed by atoms with Gasteiger partial charge in [0.05, 0.1) is 10.6 Å². The monoisotopic (exact) mass is 408 g/mol. The molecule has 4 rings (SSSR count). The van der Waals surface area contributed by atoms with Gasteiger partial charge in [0.25, 0.3) is 5.56 Å². The molecule has 0 bridgehead atoms. The SMILES string of the molecule is Cc1cc(-c2cccc(-c3ccccc3Cl)c2Cl)cc2ncc(C=O)c(=O)n12. The summed E-state index contributed by atoms with van der Waals surface area (Å²) < 4.78 is 1.42. The van der Waals surface area contributed by atoms with Crippen molar-refractivity contribution in [3.8, 4) is 22.3 Å². The summed E-state index contributed by atoms with van der Waals surface area (Å²) in [6.45, 7) is 1.79. The number of nitrogens with zero attached hydrogens (tertiary/aromatic N) is 2. The third-order valence-corrected chi connectivity index (χ3v) is 5.35. The Morgan fingerprint density at radius 2 is 1.68 bits per heavy atom. The summed E-state index contributed by atoms with van der Waals surface area (Å²) in [5, 5.41) is 1.18. The Labute approximate surface area is 171 Å². The van der Waals surface area contributed by atoms with Crippen LogP contribution in [0.25, 0.3) is 27.9 Å².